The van der Waals surface area contributed by atoms with E-state index in [1.807, 2.05) is 0 Å². The molecule has 0 aromatic rings. The maximum atomic E-state index is 10.3. The molecule has 5 heteroatoms. The fourth-order valence-electron chi connectivity index (χ4n) is 0.302. The van der Waals surface area contributed by atoms with E-state index in [-0.39, 0.29) is 26.1 Å². The smallest absolute Gasteiger partial charge is 0.367 e. The second kappa shape index (κ2) is 9.01. The molecule has 4 nitrogen and oxygen atoms in total. The fraction of sp³-hybridized carbons (Fsp3) is 0.800. The molecular weight excluding hydrogens is 189 g/mol. The van der Waals surface area contributed by atoms with Gasteiger partial charge in [-0.1, -0.05) is 0 Å². The predicted molar refractivity (Wildman–Crippen MR) is 29.6 cm³/mol. The summed E-state index contributed by atoms with van der Waals surface area (Å²) >= 11 is 0. The van der Waals surface area contributed by atoms with Crippen LogP contribution in [0.3, 0.4) is 0 Å². The molecule has 0 aliphatic rings. The second-order valence-electron chi connectivity index (χ2n) is 1.26. The summed E-state index contributed by atoms with van der Waals surface area (Å²) in [5, 5.41) is 0. The minimum atomic E-state index is -0.514. The van der Waals surface area contributed by atoms with Crippen LogP contribution in [0, 0.1) is 0 Å². The van der Waals surface area contributed by atoms with Gasteiger partial charge in [0.05, 0.1) is 7.11 Å². The SMILES string of the molecule is CCOCC(=O)OOC.[Zn]. The summed E-state index contributed by atoms with van der Waals surface area (Å²) < 4.78 is 4.69. The van der Waals surface area contributed by atoms with Crippen LogP contribution >= 0.6 is 0 Å². The van der Waals surface area contributed by atoms with E-state index in [2.05, 4.69) is 9.78 Å². The molecule has 0 saturated carbocycles. The predicted octanol–water partition coefficient (Wildman–Crippen LogP) is 0.125. The number of hydrogen-bond acceptors (Lipinski definition) is 4. The molecule has 56 valence electrons. The zero-order valence-electron chi connectivity index (χ0n) is 6.25. The van der Waals surface area contributed by atoms with Gasteiger partial charge < -0.3 is 4.74 Å². The zero-order valence-corrected chi connectivity index (χ0v) is 9.22. The maximum absolute atomic E-state index is 10.3. The van der Waals surface area contributed by atoms with Crippen molar-refractivity contribution in [2.24, 2.45) is 0 Å². The molecular formula is C5H10O4Zn. The van der Waals surface area contributed by atoms with Crippen LogP contribution in [-0.4, -0.2) is 26.3 Å². The van der Waals surface area contributed by atoms with Crippen LogP contribution in [-0.2, 0) is 38.8 Å². The molecule has 0 amide bonds. The van der Waals surface area contributed by atoms with Gasteiger partial charge in [-0.2, -0.15) is 4.89 Å². The summed E-state index contributed by atoms with van der Waals surface area (Å²) in [5.41, 5.74) is 0. The van der Waals surface area contributed by atoms with Crippen molar-refractivity contribution >= 4 is 5.97 Å². The molecule has 0 aromatic carbocycles. The summed E-state index contributed by atoms with van der Waals surface area (Å²) in [6, 6.07) is 0. The van der Waals surface area contributed by atoms with Crippen molar-refractivity contribution in [2.75, 3.05) is 20.3 Å². The molecule has 0 bridgehead atoms. The minimum Gasteiger partial charge on any atom is -0.370 e. The summed E-state index contributed by atoms with van der Waals surface area (Å²) in [7, 11) is 1.27. The first-order chi connectivity index (χ1) is 4.31. The largest absolute Gasteiger partial charge is 0.370 e. The first-order valence-corrected chi connectivity index (χ1v) is 2.62. The van der Waals surface area contributed by atoms with Crippen molar-refractivity contribution in [3.8, 4) is 0 Å². The van der Waals surface area contributed by atoms with Crippen molar-refractivity contribution in [1.82, 2.24) is 0 Å². The molecule has 0 spiro atoms. The number of rotatable bonds is 4. The molecule has 0 aromatic heterocycles. The Morgan fingerprint density at radius 1 is 1.50 bits per heavy atom. The van der Waals surface area contributed by atoms with Crippen LogP contribution in [0.2, 0.25) is 0 Å². The topological polar surface area (TPSA) is 44.8 Å². The number of hydrogen-bond donors (Lipinski definition) is 0. The Morgan fingerprint density at radius 2 is 2.10 bits per heavy atom. The van der Waals surface area contributed by atoms with Crippen molar-refractivity contribution in [2.45, 2.75) is 6.92 Å². The van der Waals surface area contributed by atoms with E-state index < -0.39 is 5.97 Å². The monoisotopic (exact) mass is 198 g/mol. The average molecular weight is 200 g/mol. The van der Waals surface area contributed by atoms with Gasteiger partial charge in [0.2, 0.25) is 0 Å². The van der Waals surface area contributed by atoms with Crippen molar-refractivity contribution in [1.29, 1.82) is 0 Å². The van der Waals surface area contributed by atoms with Crippen LogP contribution in [0.4, 0.5) is 0 Å². The van der Waals surface area contributed by atoms with Gasteiger partial charge in [0.15, 0.2) is 0 Å². The van der Waals surface area contributed by atoms with Crippen LogP contribution in [0.25, 0.3) is 0 Å². The number of ether oxygens (including phenoxy) is 1. The summed E-state index contributed by atoms with van der Waals surface area (Å²) in [4.78, 5) is 18.5. The third kappa shape index (κ3) is 8.01. The third-order valence-electron chi connectivity index (χ3n) is 0.600. The van der Waals surface area contributed by atoms with Crippen LogP contribution in [0.1, 0.15) is 6.92 Å². The molecule has 0 aliphatic heterocycles. The summed E-state index contributed by atoms with van der Waals surface area (Å²) in [6.07, 6.45) is 0. The first kappa shape index (κ1) is 12.7. The van der Waals surface area contributed by atoms with E-state index in [0.717, 1.165) is 0 Å². The quantitative estimate of drug-likeness (QED) is 0.367. The van der Waals surface area contributed by atoms with Crippen LogP contribution in [0.15, 0.2) is 0 Å². The molecule has 0 unspecified atom stereocenters. The van der Waals surface area contributed by atoms with Gasteiger partial charge in [-0.3, -0.25) is 4.89 Å². The zero-order chi connectivity index (χ0) is 7.11. The Hall–Kier alpha value is 0.0134. The number of carbonyl (C=O) groups excluding carboxylic acids is 1. The Labute approximate surface area is 72.5 Å². The van der Waals surface area contributed by atoms with Crippen molar-refractivity contribution < 1.29 is 38.8 Å². The summed E-state index contributed by atoms with van der Waals surface area (Å²) in [5.74, 6) is -0.514. The van der Waals surface area contributed by atoms with Gasteiger partial charge in [0.1, 0.15) is 6.61 Å². The molecule has 0 aliphatic carbocycles. The van der Waals surface area contributed by atoms with Gasteiger partial charge >= 0.3 is 5.97 Å². The second-order valence-corrected chi connectivity index (χ2v) is 1.26. The normalized spacial score (nSPS) is 8.20. The van der Waals surface area contributed by atoms with E-state index >= 15 is 0 Å². The van der Waals surface area contributed by atoms with E-state index in [1.54, 1.807) is 6.92 Å². The average Bonchev–Trinajstić information content (AvgIpc) is 1.85. The van der Waals surface area contributed by atoms with Gasteiger partial charge in [0.25, 0.3) is 0 Å². The Balaban J connectivity index is 0. The summed E-state index contributed by atoms with van der Waals surface area (Å²) in [6.45, 7) is 2.24. The Kier molecular flexibility index (Phi) is 11.4. The Bertz CT molecular complexity index is 85.7. The van der Waals surface area contributed by atoms with Crippen LogP contribution < -0.4 is 0 Å². The van der Waals surface area contributed by atoms with Crippen LogP contribution in [0.5, 0.6) is 0 Å². The standard InChI is InChI=1S/C5H10O4.Zn/c1-3-8-4-5(6)9-7-2;/h3-4H2,1-2H3;. The van der Waals surface area contributed by atoms with E-state index in [0.29, 0.717) is 6.61 Å². The fourth-order valence-corrected chi connectivity index (χ4v) is 0.302. The molecule has 0 fully saturated rings. The molecule has 0 radical (unpaired) electrons. The maximum Gasteiger partial charge on any atom is 0.367 e. The first-order valence-electron chi connectivity index (χ1n) is 2.62. The van der Waals surface area contributed by atoms with E-state index in [4.69, 9.17) is 4.74 Å². The Morgan fingerprint density at radius 3 is 2.50 bits per heavy atom. The van der Waals surface area contributed by atoms with Crippen molar-refractivity contribution in [3.05, 3.63) is 0 Å². The van der Waals surface area contributed by atoms with Gasteiger partial charge in [0, 0.05) is 26.1 Å². The molecule has 0 heterocycles. The van der Waals surface area contributed by atoms with E-state index in [1.165, 1.54) is 7.11 Å². The molecule has 0 rings (SSSR count). The molecule has 10 heavy (non-hydrogen) atoms. The van der Waals surface area contributed by atoms with Gasteiger partial charge in [-0.05, 0) is 6.92 Å². The number of carbonyl (C=O) groups is 1. The minimum absolute atomic E-state index is 0. The third-order valence-corrected chi connectivity index (χ3v) is 0.600. The van der Waals surface area contributed by atoms with E-state index in [9.17, 15) is 4.79 Å². The van der Waals surface area contributed by atoms with Crippen molar-refractivity contribution in [3.63, 3.8) is 0 Å². The molecule has 0 saturated heterocycles. The van der Waals surface area contributed by atoms with Gasteiger partial charge in [-0.15, -0.1) is 0 Å². The molecule has 0 N–H and O–H groups in total. The van der Waals surface area contributed by atoms with Gasteiger partial charge in [-0.25, -0.2) is 4.79 Å². The molecule has 0 atom stereocenters.